The molecule has 1 saturated heterocycles. The van der Waals surface area contributed by atoms with Crippen LogP contribution in [0.5, 0.6) is 5.88 Å². The lowest BCUT2D eigenvalue weighted by atomic mass is 9.94. The van der Waals surface area contributed by atoms with E-state index in [4.69, 9.17) is 4.74 Å². The lowest BCUT2D eigenvalue weighted by molar-refractivity contribution is -0.128. The predicted molar refractivity (Wildman–Crippen MR) is 95.9 cm³/mol. The maximum atomic E-state index is 12.8. The van der Waals surface area contributed by atoms with Crippen molar-refractivity contribution in [1.82, 2.24) is 15.2 Å². The van der Waals surface area contributed by atoms with Crippen molar-refractivity contribution in [3.8, 4) is 5.88 Å². The first-order valence-corrected chi connectivity index (χ1v) is 8.73. The van der Waals surface area contributed by atoms with Crippen molar-refractivity contribution in [2.24, 2.45) is 5.92 Å². The number of methoxy groups -OCH3 is 1. The van der Waals surface area contributed by atoms with Gasteiger partial charge < -0.3 is 15.0 Å². The largest absolute Gasteiger partial charge is 0.481 e. The van der Waals surface area contributed by atoms with E-state index < -0.39 is 0 Å². The van der Waals surface area contributed by atoms with E-state index in [0.717, 1.165) is 5.56 Å². The molecule has 0 spiro atoms. The van der Waals surface area contributed by atoms with Gasteiger partial charge in [0.05, 0.1) is 13.2 Å². The summed E-state index contributed by atoms with van der Waals surface area (Å²) >= 11 is 0. The molecule has 2 aromatic rings. The maximum absolute atomic E-state index is 12.8. The number of hydrogen-bond donors (Lipinski definition) is 1. The van der Waals surface area contributed by atoms with Crippen LogP contribution >= 0.6 is 0 Å². The Bertz CT molecular complexity index is 867. The van der Waals surface area contributed by atoms with Gasteiger partial charge in [0, 0.05) is 49.7 Å². The minimum Gasteiger partial charge on any atom is -0.481 e. The van der Waals surface area contributed by atoms with Crippen molar-refractivity contribution in [2.75, 3.05) is 20.2 Å². The smallest absolute Gasteiger partial charge is 0.252 e. The second-order valence-corrected chi connectivity index (χ2v) is 6.86. The molecule has 3 atom stereocenters. The summed E-state index contributed by atoms with van der Waals surface area (Å²) in [6, 6.07) is 11.4. The van der Waals surface area contributed by atoms with E-state index in [-0.39, 0.29) is 29.7 Å². The van der Waals surface area contributed by atoms with Crippen molar-refractivity contribution >= 4 is 11.8 Å². The van der Waals surface area contributed by atoms with Crippen LogP contribution in [0.15, 0.2) is 42.6 Å². The second kappa shape index (κ2) is 6.44. The Hall–Kier alpha value is -2.89. The van der Waals surface area contributed by atoms with Crippen molar-refractivity contribution in [2.45, 2.75) is 18.9 Å². The summed E-state index contributed by atoms with van der Waals surface area (Å²) in [6.45, 7) is 2.98. The Labute approximate surface area is 152 Å². The number of nitrogens with one attached hydrogen (secondary N) is 1. The van der Waals surface area contributed by atoms with Crippen LogP contribution in [-0.2, 0) is 4.79 Å². The number of rotatable bonds is 3. The molecule has 1 aliphatic carbocycles. The lowest BCUT2D eigenvalue weighted by Gasteiger charge is -2.22. The topological polar surface area (TPSA) is 71.5 Å². The van der Waals surface area contributed by atoms with Crippen LogP contribution in [-0.4, -0.2) is 41.9 Å². The van der Waals surface area contributed by atoms with Gasteiger partial charge >= 0.3 is 0 Å². The summed E-state index contributed by atoms with van der Waals surface area (Å²) in [5, 5.41) is 3.17. The number of nitrogens with zero attached hydrogens (tertiary/aromatic N) is 2. The third-order valence-corrected chi connectivity index (χ3v) is 5.46. The summed E-state index contributed by atoms with van der Waals surface area (Å²) in [6.07, 6.45) is 1.56. The Kier molecular flexibility index (Phi) is 4.11. The zero-order chi connectivity index (χ0) is 18.3. The van der Waals surface area contributed by atoms with E-state index in [2.05, 4.69) is 22.4 Å². The van der Waals surface area contributed by atoms with Crippen molar-refractivity contribution < 1.29 is 14.3 Å². The molecule has 1 aromatic heterocycles. The quantitative estimate of drug-likeness (QED) is 0.920. The Morgan fingerprint density at radius 3 is 2.69 bits per heavy atom. The molecule has 1 aliphatic heterocycles. The molecule has 26 heavy (non-hydrogen) atoms. The number of carbonyl (C=O) groups excluding carboxylic acids is 2. The number of carbonyl (C=O) groups is 2. The Morgan fingerprint density at radius 1 is 1.19 bits per heavy atom. The van der Waals surface area contributed by atoms with Gasteiger partial charge in [-0.25, -0.2) is 4.98 Å². The normalized spacial score (nSPS) is 23.3. The van der Waals surface area contributed by atoms with Crippen LogP contribution in [0.2, 0.25) is 0 Å². The molecule has 0 radical (unpaired) electrons. The Morgan fingerprint density at radius 2 is 1.96 bits per heavy atom. The molecule has 0 bridgehead atoms. The minimum absolute atomic E-state index is 0.0841. The van der Waals surface area contributed by atoms with Crippen molar-refractivity contribution in [3.05, 3.63) is 59.3 Å². The van der Waals surface area contributed by atoms with Gasteiger partial charge in [0.15, 0.2) is 0 Å². The van der Waals surface area contributed by atoms with E-state index >= 15 is 0 Å². The number of hydrogen-bond acceptors (Lipinski definition) is 4. The molecule has 2 heterocycles. The zero-order valence-corrected chi connectivity index (χ0v) is 14.8. The van der Waals surface area contributed by atoms with Gasteiger partial charge in [-0.1, -0.05) is 24.3 Å². The number of ether oxygens (including phenoxy) is 1. The summed E-state index contributed by atoms with van der Waals surface area (Å²) in [5.74, 6) is 0.801. The van der Waals surface area contributed by atoms with Crippen LogP contribution in [0, 0.1) is 5.92 Å². The van der Waals surface area contributed by atoms with Gasteiger partial charge in [0.25, 0.3) is 5.91 Å². The highest BCUT2D eigenvalue weighted by Gasteiger charge is 2.47. The van der Waals surface area contributed by atoms with Gasteiger partial charge in [0.2, 0.25) is 11.8 Å². The molecular weight excluding hydrogens is 330 g/mol. The number of benzene rings is 1. The average Bonchev–Trinajstić information content (AvgIpc) is 3.21. The summed E-state index contributed by atoms with van der Waals surface area (Å²) < 4.78 is 5.11. The first-order valence-electron chi connectivity index (χ1n) is 8.73. The van der Waals surface area contributed by atoms with Crippen LogP contribution in [0.25, 0.3) is 0 Å². The molecule has 2 aliphatic rings. The SMILES string of the molecule is COc1cc(C(=O)N[C@H]2c3ccccc3[C@@H]3CN(C(C)=O)C[C@@H]32)ccn1. The van der Waals surface area contributed by atoms with E-state index in [1.807, 2.05) is 17.0 Å². The van der Waals surface area contributed by atoms with E-state index in [1.54, 1.807) is 25.3 Å². The molecule has 0 unspecified atom stereocenters. The molecule has 1 N–H and O–H groups in total. The predicted octanol–water partition coefficient (Wildman–Crippen LogP) is 2.14. The zero-order valence-electron chi connectivity index (χ0n) is 14.8. The minimum atomic E-state index is -0.160. The molecule has 1 aromatic carbocycles. The monoisotopic (exact) mass is 351 g/mol. The molecule has 4 rings (SSSR count). The van der Waals surface area contributed by atoms with Gasteiger partial charge in [-0.05, 0) is 17.2 Å². The third-order valence-electron chi connectivity index (χ3n) is 5.46. The fourth-order valence-corrected chi connectivity index (χ4v) is 4.19. The number of fused-ring (bicyclic) bond motifs is 3. The summed E-state index contributed by atoms with van der Waals surface area (Å²) in [5.41, 5.74) is 2.90. The first-order chi connectivity index (χ1) is 12.6. The Balaban J connectivity index is 1.62. The number of pyridine rings is 1. The first kappa shape index (κ1) is 16.6. The molecule has 1 fully saturated rings. The van der Waals surface area contributed by atoms with E-state index in [0.29, 0.717) is 24.5 Å². The molecular formula is C20H21N3O3. The van der Waals surface area contributed by atoms with Gasteiger partial charge in [-0.2, -0.15) is 0 Å². The fraction of sp³-hybridized carbons (Fsp3) is 0.350. The number of likely N-dealkylation sites (tertiary alicyclic amines) is 1. The highest BCUT2D eigenvalue weighted by Crippen LogP contribution is 2.49. The molecule has 134 valence electrons. The van der Waals surface area contributed by atoms with Crippen LogP contribution < -0.4 is 10.1 Å². The summed E-state index contributed by atoms with van der Waals surface area (Å²) in [4.78, 5) is 30.6. The average molecular weight is 351 g/mol. The summed E-state index contributed by atoms with van der Waals surface area (Å²) in [7, 11) is 1.52. The van der Waals surface area contributed by atoms with Crippen LogP contribution in [0.4, 0.5) is 0 Å². The van der Waals surface area contributed by atoms with Crippen molar-refractivity contribution in [3.63, 3.8) is 0 Å². The van der Waals surface area contributed by atoms with Crippen molar-refractivity contribution in [1.29, 1.82) is 0 Å². The fourth-order valence-electron chi connectivity index (χ4n) is 4.19. The molecule has 6 heteroatoms. The van der Waals surface area contributed by atoms with Gasteiger partial charge in [-0.3, -0.25) is 9.59 Å². The number of aromatic nitrogens is 1. The van der Waals surface area contributed by atoms with E-state index in [9.17, 15) is 9.59 Å². The lowest BCUT2D eigenvalue weighted by Crippen LogP contribution is -2.34. The van der Waals surface area contributed by atoms with E-state index in [1.165, 1.54) is 12.7 Å². The van der Waals surface area contributed by atoms with Gasteiger partial charge in [0.1, 0.15) is 0 Å². The van der Waals surface area contributed by atoms with Crippen LogP contribution in [0.1, 0.15) is 40.4 Å². The number of amides is 2. The van der Waals surface area contributed by atoms with Crippen LogP contribution in [0.3, 0.4) is 0 Å². The van der Waals surface area contributed by atoms with Gasteiger partial charge in [-0.15, -0.1) is 0 Å². The molecule has 2 amide bonds. The highest BCUT2D eigenvalue weighted by molar-refractivity contribution is 5.94. The second-order valence-electron chi connectivity index (χ2n) is 6.86. The highest BCUT2D eigenvalue weighted by atomic mass is 16.5. The third kappa shape index (κ3) is 2.71. The standard InChI is InChI=1S/C20H21N3O3/c1-12(24)23-10-16-14-5-3-4-6-15(14)19(17(16)11-23)22-20(25)13-7-8-21-18(9-13)26-2/h3-9,16-17,19H,10-11H2,1-2H3,(H,22,25)/t16-,17-,19-/m0/s1. The maximum Gasteiger partial charge on any atom is 0.252 e. The molecule has 0 saturated carbocycles. The molecule has 6 nitrogen and oxygen atoms in total.